The molecule has 0 aliphatic rings. The number of halogens is 1. The summed E-state index contributed by atoms with van der Waals surface area (Å²) in [5, 5.41) is 11.6. The molecule has 0 aliphatic carbocycles. The largest absolute Gasteiger partial charge is 0.388 e. The number of nitrogens with zero attached hydrogens (tertiary/aromatic N) is 1. The molecule has 7 heteroatoms. The van der Waals surface area contributed by atoms with E-state index < -0.39 is 15.8 Å². The minimum Gasteiger partial charge on any atom is -0.388 e. The lowest BCUT2D eigenvalue weighted by atomic mass is 10.2. The maximum absolute atomic E-state index is 13.2. The highest BCUT2D eigenvalue weighted by Crippen LogP contribution is 2.20. The molecule has 0 spiro atoms. The van der Waals surface area contributed by atoms with Crippen molar-refractivity contribution in [1.29, 1.82) is 5.26 Å². The Morgan fingerprint density at radius 2 is 1.71 bits per heavy atom. The number of nitriles is 1. The van der Waals surface area contributed by atoms with Crippen LogP contribution in [-0.4, -0.2) is 15.5 Å². The first-order valence-electron chi connectivity index (χ1n) is 5.96. The van der Waals surface area contributed by atoms with E-state index in [1.54, 1.807) is 25.2 Å². The molecule has 21 heavy (non-hydrogen) atoms. The summed E-state index contributed by atoms with van der Waals surface area (Å²) >= 11 is 0. The molecule has 5 nitrogen and oxygen atoms in total. The monoisotopic (exact) mass is 305 g/mol. The van der Waals surface area contributed by atoms with Crippen molar-refractivity contribution in [2.75, 3.05) is 17.1 Å². The fourth-order valence-corrected chi connectivity index (χ4v) is 2.74. The van der Waals surface area contributed by atoms with Gasteiger partial charge >= 0.3 is 0 Å². The number of sulfonamides is 1. The molecule has 0 aromatic heterocycles. The van der Waals surface area contributed by atoms with Crippen molar-refractivity contribution in [3.63, 3.8) is 0 Å². The van der Waals surface area contributed by atoms with Crippen molar-refractivity contribution in [3.8, 4) is 6.07 Å². The summed E-state index contributed by atoms with van der Waals surface area (Å²) in [7, 11) is -2.06. The lowest BCUT2D eigenvalue weighted by Crippen LogP contribution is -2.13. The Balaban J connectivity index is 2.30. The van der Waals surface area contributed by atoms with E-state index in [9.17, 15) is 12.8 Å². The first-order chi connectivity index (χ1) is 9.96. The molecule has 108 valence electrons. The molecule has 2 N–H and O–H groups in total. The highest BCUT2D eigenvalue weighted by atomic mass is 32.2. The molecule has 0 bridgehead atoms. The summed E-state index contributed by atoms with van der Waals surface area (Å²) < 4.78 is 39.9. The zero-order valence-electron chi connectivity index (χ0n) is 11.1. The van der Waals surface area contributed by atoms with Crippen molar-refractivity contribution in [2.45, 2.75) is 4.90 Å². The molecule has 0 fully saturated rings. The predicted molar refractivity (Wildman–Crippen MR) is 77.9 cm³/mol. The van der Waals surface area contributed by atoms with E-state index in [2.05, 4.69) is 10.0 Å². The molecule has 0 saturated heterocycles. The van der Waals surface area contributed by atoms with E-state index in [1.165, 1.54) is 18.2 Å². The number of benzene rings is 2. The van der Waals surface area contributed by atoms with Gasteiger partial charge in [-0.1, -0.05) is 0 Å². The third-order valence-corrected chi connectivity index (χ3v) is 4.19. The van der Waals surface area contributed by atoms with Gasteiger partial charge in [0.25, 0.3) is 10.0 Å². The van der Waals surface area contributed by atoms with Crippen LogP contribution in [0.1, 0.15) is 5.56 Å². The average molecular weight is 305 g/mol. The van der Waals surface area contributed by atoms with Crippen molar-refractivity contribution in [3.05, 3.63) is 53.8 Å². The van der Waals surface area contributed by atoms with Crippen LogP contribution >= 0.6 is 0 Å². The fraction of sp³-hybridized carbons (Fsp3) is 0.0714. The standard InChI is InChI=1S/C14H12FN3O2S/c1-17-11-2-5-13(6-3-11)21(19,20)18-12-4-7-14(15)10(8-12)9-16/h2-8,17-18H,1H3. The van der Waals surface area contributed by atoms with E-state index in [1.807, 2.05) is 0 Å². The van der Waals surface area contributed by atoms with Crippen LogP contribution in [0.25, 0.3) is 0 Å². The first-order valence-corrected chi connectivity index (χ1v) is 7.45. The summed E-state index contributed by atoms with van der Waals surface area (Å²) in [5.74, 6) is -0.696. The van der Waals surface area contributed by atoms with Gasteiger partial charge in [-0.25, -0.2) is 12.8 Å². The van der Waals surface area contributed by atoms with Crippen LogP contribution in [-0.2, 0) is 10.0 Å². The topological polar surface area (TPSA) is 82.0 Å². The minimum atomic E-state index is -3.79. The van der Waals surface area contributed by atoms with Crippen molar-refractivity contribution >= 4 is 21.4 Å². The molecule has 0 aliphatic heterocycles. The van der Waals surface area contributed by atoms with Crippen LogP contribution < -0.4 is 10.0 Å². The van der Waals surface area contributed by atoms with Gasteiger partial charge in [0.05, 0.1) is 16.1 Å². The molecular formula is C14H12FN3O2S. The summed E-state index contributed by atoms with van der Waals surface area (Å²) in [6.45, 7) is 0. The molecule has 0 amide bonds. The second kappa shape index (κ2) is 5.81. The van der Waals surface area contributed by atoms with Gasteiger partial charge in [-0.05, 0) is 42.5 Å². The molecule has 0 radical (unpaired) electrons. The van der Waals surface area contributed by atoms with Crippen LogP contribution in [0.3, 0.4) is 0 Å². The van der Waals surface area contributed by atoms with Crippen LogP contribution in [0.4, 0.5) is 15.8 Å². The predicted octanol–water partition coefficient (Wildman–Crippen LogP) is 2.54. The van der Waals surface area contributed by atoms with Gasteiger partial charge in [0.1, 0.15) is 11.9 Å². The smallest absolute Gasteiger partial charge is 0.261 e. The van der Waals surface area contributed by atoms with Gasteiger partial charge in [-0.15, -0.1) is 0 Å². The van der Waals surface area contributed by atoms with Crippen molar-refractivity contribution < 1.29 is 12.8 Å². The van der Waals surface area contributed by atoms with E-state index in [4.69, 9.17) is 5.26 Å². The Labute approximate surface area is 122 Å². The Kier molecular flexibility index (Phi) is 4.10. The second-order valence-corrected chi connectivity index (χ2v) is 5.87. The second-order valence-electron chi connectivity index (χ2n) is 4.19. The quantitative estimate of drug-likeness (QED) is 0.909. The van der Waals surface area contributed by atoms with E-state index in [-0.39, 0.29) is 16.1 Å². The Morgan fingerprint density at radius 3 is 2.29 bits per heavy atom. The van der Waals surface area contributed by atoms with Gasteiger partial charge in [-0.2, -0.15) is 5.26 Å². The summed E-state index contributed by atoms with van der Waals surface area (Å²) in [4.78, 5) is 0.0735. The number of rotatable bonds is 4. The number of anilines is 2. The minimum absolute atomic E-state index is 0.0735. The third kappa shape index (κ3) is 3.30. The first kappa shape index (κ1) is 14.8. The van der Waals surface area contributed by atoms with Gasteiger partial charge in [0, 0.05) is 12.7 Å². The highest BCUT2D eigenvalue weighted by molar-refractivity contribution is 7.92. The highest BCUT2D eigenvalue weighted by Gasteiger charge is 2.15. The van der Waals surface area contributed by atoms with Gasteiger partial charge in [0.2, 0.25) is 0 Å². The molecule has 2 aromatic carbocycles. The van der Waals surface area contributed by atoms with E-state index in [0.717, 1.165) is 17.8 Å². The number of hydrogen-bond donors (Lipinski definition) is 2. The number of hydrogen-bond acceptors (Lipinski definition) is 4. The SMILES string of the molecule is CNc1ccc(S(=O)(=O)Nc2ccc(F)c(C#N)c2)cc1. The summed E-state index contributed by atoms with van der Waals surface area (Å²) in [6, 6.07) is 11.3. The van der Waals surface area contributed by atoms with Gasteiger partial charge in [0.15, 0.2) is 0 Å². The lowest BCUT2D eigenvalue weighted by Gasteiger charge is -2.09. The summed E-state index contributed by atoms with van der Waals surface area (Å²) in [6.07, 6.45) is 0. The number of nitrogens with one attached hydrogen (secondary N) is 2. The molecule has 0 heterocycles. The lowest BCUT2D eigenvalue weighted by molar-refractivity contribution is 0.601. The maximum Gasteiger partial charge on any atom is 0.261 e. The molecule has 0 saturated carbocycles. The van der Waals surface area contributed by atoms with Crippen molar-refractivity contribution in [2.24, 2.45) is 0 Å². The zero-order valence-corrected chi connectivity index (χ0v) is 11.9. The third-order valence-electron chi connectivity index (χ3n) is 2.79. The Hall–Kier alpha value is -2.59. The fourth-order valence-electron chi connectivity index (χ4n) is 1.69. The molecule has 0 unspecified atom stereocenters. The molecular weight excluding hydrogens is 293 g/mol. The molecule has 2 aromatic rings. The van der Waals surface area contributed by atoms with Crippen molar-refractivity contribution in [1.82, 2.24) is 0 Å². The Morgan fingerprint density at radius 1 is 1.10 bits per heavy atom. The van der Waals surface area contributed by atoms with Gasteiger partial charge in [-0.3, -0.25) is 4.72 Å². The average Bonchev–Trinajstić information content (AvgIpc) is 2.49. The van der Waals surface area contributed by atoms with Crippen LogP contribution in [0.15, 0.2) is 47.4 Å². The van der Waals surface area contributed by atoms with E-state index >= 15 is 0 Å². The normalized spacial score (nSPS) is 10.7. The Bertz CT molecular complexity index is 796. The van der Waals surface area contributed by atoms with E-state index in [0.29, 0.717) is 0 Å². The zero-order chi connectivity index (χ0) is 15.5. The van der Waals surface area contributed by atoms with Crippen LogP contribution in [0, 0.1) is 17.1 Å². The van der Waals surface area contributed by atoms with Gasteiger partial charge < -0.3 is 5.32 Å². The maximum atomic E-state index is 13.2. The summed E-state index contributed by atoms with van der Waals surface area (Å²) in [5.41, 5.74) is 0.689. The molecule has 0 atom stereocenters. The van der Waals surface area contributed by atoms with Crippen LogP contribution in [0.2, 0.25) is 0 Å². The molecule has 2 rings (SSSR count). The van der Waals surface area contributed by atoms with Crippen LogP contribution in [0.5, 0.6) is 0 Å².